The highest BCUT2D eigenvalue weighted by Gasteiger charge is 2.18. The summed E-state index contributed by atoms with van der Waals surface area (Å²) in [6.45, 7) is 4.87. The van der Waals surface area contributed by atoms with Gasteiger partial charge in [-0.25, -0.2) is 0 Å². The highest BCUT2D eigenvalue weighted by molar-refractivity contribution is 5.76. The number of hydrogen-bond acceptors (Lipinski definition) is 5. The number of ether oxygens (including phenoxy) is 1. The highest BCUT2D eigenvalue weighted by Crippen LogP contribution is 2.18. The lowest BCUT2D eigenvalue weighted by Gasteiger charge is -2.20. The van der Waals surface area contributed by atoms with Gasteiger partial charge in [0.2, 0.25) is 5.91 Å². The van der Waals surface area contributed by atoms with Crippen LogP contribution >= 0.6 is 0 Å². The number of amides is 1. The fraction of sp³-hybridized carbons (Fsp3) is 0.884. The summed E-state index contributed by atoms with van der Waals surface area (Å²) in [6, 6.07) is -0.622. The zero-order chi connectivity index (χ0) is 54.3. The average molecular weight is 1050 g/mol. The Labute approximate surface area is 468 Å². The Balaban J connectivity index is 3.31. The molecule has 0 saturated heterocycles. The molecule has 2 unspecified atom stereocenters. The zero-order valence-corrected chi connectivity index (χ0v) is 50.5. The number of unbranched alkanes of at least 4 members (excludes halogenated alkanes) is 48. The molecule has 0 aromatic heterocycles. The Morgan fingerprint density at radius 3 is 0.973 bits per heavy atom. The van der Waals surface area contributed by atoms with Crippen LogP contribution in [0.3, 0.4) is 0 Å². The van der Waals surface area contributed by atoms with E-state index >= 15 is 0 Å². The van der Waals surface area contributed by atoms with Crippen molar-refractivity contribution in [2.45, 2.75) is 379 Å². The smallest absolute Gasteiger partial charge is 0.305 e. The van der Waals surface area contributed by atoms with E-state index in [0.717, 1.165) is 44.9 Å². The number of nitrogens with one attached hydrogen (secondary N) is 1. The van der Waals surface area contributed by atoms with Crippen molar-refractivity contribution in [1.29, 1.82) is 0 Å². The van der Waals surface area contributed by atoms with E-state index in [-0.39, 0.29) is 18.5 Å². The molecule has 442 valence electrons. The topological polar surface area (TPSA) is 95.9 Å². The number of allylic oxidation sites excluding steroid dienone is 5. The first-order valence-electron chi connectivity index (χ1n) is 33.8. The second kappa shape index (κ2) is 64.6. The van der Waals surface area contributed by atoms with E-state index < -0.39 is 12.1 Å². The zero-order valence-electron chi connectivity index (χ0n) is 50.5. The van der Waals surface area contributed by atoms with Gasteiger partial charge in [-0.2, -0.15) is 0 Å². The maximum atomic E-state index is 12.4. The lowest BCUT2D eigenvalue weighted by molar-refractivity contribution is -0.143. The maximum absolute atomic E-state index is 12.4. The fourth-order valence-electron chi connectivity index (χ4n) is 10.4. The van der Waals surface area contributed by atoms with Crippen molar-refractivity contribution in [2.75, 3.05) is 13.2 Å². The van der Waals surface area contributed by atoms with E-state index in [1.54, 1.807) is 6.08 Å². The van der Waals surface area contributed by atoms with Gasteiger partial charge in [0, 0.05) is 12.8 Å². The van der Waals surface area contributed by atoms with Gasteiger partial charge in [0.15, 0.2) is 0 Å². The predicted molar refractivity (Wildman–Crippen MR) is 329 cm³/mol. The van der Waals surface area contributed by atoms with Gasteiger partial charge in [0.1, 0.15) is 0 Å². The van der Waals surface area contributed by atoms with Crippen LogP contribution in [0.25, 0.3) is 0 Å². The first-order chi connectivity index (χ1) is 37.0. The second-order valence-corrected chi connectivity index (χ2v) is 23.1. The van der Waals surface area contributed by atoms with Gasteiger partial charge >= 0.3 is 5.97 Å². The Morgan fingerprint density at radius 1 is 0.360 bits per heavy atom. The quantitative estimate of drug-likeness (QED) is 0.0320. The van der Waals surface area contributed by atoms with Crippen LogP contribution < -0.4 is 5.32 Å². The molecule has 1 amide bonds. The van der Waals surface area contributed by atoms with Crippen LogP contribution in [0.5, 0.6) is 0 Å². The molecule has 0 aromatic carbocycles. The molecule has 0 aliphatic rings. The van der Waals surface area contributed by atoms with Crippen molar-refractivity contribution in [3.05, 3.63) is 36.5 Å². The molecule has 0 aliphatic heterocycles. The van der Waals surface area contributed by atoms with Gasteiger partial charge in [0.05, 0.1) is 25.4 Å². The first-order valence-corrected chi connectivity index (χ1v) is 33.8. The third-order valence-corrected chi connectivity index (χ3v) is 15.6. The van der Waals surface area contributed by atoms with E-state index in [4.69, 9.17) is 4.74 Å². The Bertz CT molecular complexity index is 1210. The molecule has 0 spiro atoms. The fourth-order valence-corrected chi connectivity index (χ4v) is 10.4. The summed E-state index contributed by atoms with van der Waals surface area (Å²) < 4.78 is 5.47. The van der Waals surface area contributed by atoms with Crippen LogP contribution in [0, 0.1) is 0 Å². The second-order valence-electron chi connectivity index (χ2n) is 23.1. The summed E-state index contributed by atoms with van der Waals surface area (Å²) in [7, 11) is 0. The molecular weight excluding hydrogens is 923 g/mol. The Kier molecular flexibility index (Phi) is 63.0. The molecule has 75 heavy (non-hydrogen) atoms. The van der Waals surface area contributed by atoms with Crippen molar-refractivity contribution < 1.29 is 24.5 Å². The van der Waals surface area contributed by atoms with E-state index in [1.807, 2.05) is 6.08 Å². The third-order valence-electron chi connectivity index (χ3n) is 15.6. The number of hydrogen-bond donors (Lipinski definition) is 3. The van der Waals surface area contributed by atoms with Gasteiger partial charge in [-0.1, -0.05) is 307 Å². The van der Waals surface area contributed by atoms with Crippen LogP contribution in [0.4, 0.5) is 0 Å². The molecule has 0 radical (unpaired) electrons. The monoisotopic (exact) mass is 1050 g/mol. The number of carbonyl (C=O) groups is 2. The van der Waals surface area contributed by atoms with Crippen LogP contribution in [0.1, 0.15) is 367 Å². The molecule has 3 N–H and O–H groups in total. The van der Waals surface area contributed by atoms with Gasteiger partial charge in [0.25, 0.3) is 0 Å². The van der Waals surface area contributed by atoms with E-state index in [0.29, 0.717) is 19.4 Å². The minimum Gasteiger partial charge on any atom is -0.466 e. The minimum absolute atomic E-state index is 0.0111. The van der Waals surface area contributed by atoms with E-state index in [9.17, 15) is 19.8 Å². The van der Waals surface area contributed by atoms with Crippen molar-refractivity contribution in [3.8, 4) is 0 Å². The van der Waals surface area contributed by atoms with Crippen molar-refractivity contribution in [2.24, 2.45) is 0 Å². The lowest BCUT2D eigenvalue weighted by Crippen LogP contribution is -2.45. The summed E-state index contributed by atoms with van der Waals surface area (Å²) in [4.78, 5) is 24.4. The van der Waals surface area contributed by atoms with Gasteiger partial charge < -0.3 is 20.3 Å². The summed E-state index contributed by atoms with van der Waals surface area (Å²) in [5, 5.41) is 23.0. The molecule has 6 nitrogen and oxygen atoms in total. The maximum Gasteiger partial charge on any atom is 0.305 e. The number of esters is 1. The Hall–Kier alpha value is -1.92. The molecule has 0 aromatic rings. The summed E-state index contributed by atoms with van der Waals surface area (Å²) in [5.41, 5.74) is 0. The molecular formula is C69H131NO5. The molecule has 0 heterocycles. The molecule has 0 fully saturated rings. The summed E-state index contributed by atoms with van der Waals surface area (Å²) in [5.74, 6) is -0.0546. The van der Waals surface area contributed by atoms with E-state index in [1.165, 1.54) is 295 Å². The number of rotatable bonds is 63. The van der Waals surface area contributed by atoms with Crippen molar-refractivity contribution in [1.82, 2.24) is 5.32 Å². The number of aliphatic hydroxyl groups excluding tert-OH is 2. The average Bonchev–Trinajstić information content (AvgIpc) is 3.41. The highest BCUT2D eigenvalue weighted by atomic mass is 16.5. The molecule has 0 saturated carbocycles. The lowest BCUT2D eigenvalue weighted by atomic mass is 10.0. The van der Waals surface area contributed by atoms with Gasteiger partial charge in [-0.15, -0.1) is 0 Å². The van der Waals surface area contributed by atoms with Crippen LogP contribution in [-0.2, 0) is 14.3 Å². The molecule has 2 atom stereocenters. The summed E-state index contributed by atoms with van der Waals surface area (Å²) >= 11 is 0. The molecule has 0 aliphatic carbocycles. The SMILES string of the molecule is CCCCC/C=C\CCCCCCCC(=O)OCCCCCCCCCCCCCCCCCC/C=C\CCCCCCCCCCCCCCCCCCCC(=O)NC(CO)C(O)/C=C/CCCCCCCCC. The first kappa shape index (κ1) is 73.1. The van der Waals surface area contributed by atoms with Crippen molar-refractivity contribution in [3.63, 3.8) is 0 Å². The van der Waals surface area contributed by atoms with Crippen LogP contribution in [0.15, 0.2) is 36.5 Å². The standard InChI is InChI=1S/C69H131NO5/c1-3-5-7-9-11-13-14-43-47-51-55-59-63-69(74)75-64-60-56-52-48-44-41-39-37-35-33-31-29-27-25-23-21-19-17-15-16-18-20-22-24-26-28-30-32-34-36-38-40-42-46-50-54-58-62-68(73)70-66(65-71)67(72)61-57-53-49-45-12-10-8-6-4-2/h11,13,15,17,57,61,66-67,71-72H,3-10,12,14,16,18-56,58-60,62-65H2,1-2H3,(H,70,73)/b13-11-,17-15-,61-57+. The van der Waals surface area contributed by atoms with Crippen molar-refractivity contribution >= 4 is 11.9 Å². The van der Waals surface area contributed by atoms with E-state index in [2.05, 4.69) is 43.5 Å². The van der Waals surface area contributed by atoms with Gasteiger partial charge in [-0.3, -0.25) is 9.59 Å². The normalized spacial score (nSPS) is 12.7. The largest absolute Gasteiger partial charge is 0.466 e. The van der Waals surface area contributed by atoms with Gasteiger partial charge in [-0.05, 0) is 83.5 Å². The molecule has 0 bridgehead atoms. The van der Waals surface area contributed by atoms with Crippen LogP contribution in [0.2, 0.25) is 0 Å². The minimum atomic E-state index is -0.839. The molecule has 6 heteroatoms. The number of aliphatic hydroxyl groups is 2. The third kappa shape index (κ3) is 61.2. The Morgan fingerprint density at radius 2 is 0.627 bits per heavy atom. The predicted octanol–water partition coefficient (Wildman–Crippen LogP) is 21.5. The van der Waals surface area contributed by atoms with Crippen LogP contribution in [-0.4, -0.2) is 47.4 Å². The molecule has 0 rings (SSSR count). The number of carbonyl (C=O) groups excluding carboxylic acids is 2. The summed E-state index contributed by atoms with van der Waals surface area (Å²) in [6.07, 6.45) is 82.5.